The van der Waals surface area contributed by atoms with Crippen molar-refractivity contribution in [1.82, 2.24) is 20.1 Å². The van der Waals surface area contributed by atoms with Crippen LogP contribution in [0.15, 0.2) is 40.9 Å². The molecule has 0 spiro atoms. The van der Waals surface area contributed by atoms with Gasteiger partial charge in [-0.15, -0.1) is 0 Å². The number of fused-ring (bicyclic) bond motifs is 1. The lowest BCUT2D eigenvalue weighted by atomic mass is 9.94. The Labute approximate surface area is 161 Å². The molecule has 1 atom stereocenters. The average Bonchev–Trinajstić information content (AvgIpc) is 3.30. The van der Waals surface area contributed by atoms with Crippen molar-refractivity contribution >= 4 is 11.8 Å². The van der Waals surface area contributed by atoms with Crippen LogP contribution in [-0.4, -0.2) is 33.1 Å². The van der Waals surface area contributed by atoms with Crippen molar-refractivity contribution in [3.63, 3.8) is 0 Å². The number of hydrogen-bond acceptors (Lipinski definition) is 5. The van der Waals surface area contributed by atoms with E-state index in [1.807, 2.05) is 35.0 Å². The van der Waals surface area contributed by atoms with Crippen molar-refractivity contribution in [3.8, 4) is 11.3 Å². The number of hydrogen-bond donors (Lipinski definition) is 2. The molecule has 3 N–H and O–H groups in total. The fourth-order valence-corrected chi connectivity index (χ4v) is 3.57. The highest BCUT2D eigenvalue weighted by Crippen LogP contribution is 2.25. The van der Waals surface area contributed by atoms with Gasteiger partial charge in [0, 0.05) is 25.6 Å². The van der Waals surface area contributed by atoms with Crippen LogP contribution in [0, 0.1) is 12.8 Å². The Balaban J connectivity index is 1.46. The van der Waals surface area contributed by atoms with Crippen LogP contribution in [-0.2, 0) is 13.0 Å². The SMILES string of the molecule is Cc1nc(C(=O)NC[C@@H]2CCn3ncc(C(N)=O)c3C2)c(-c2ccccc2)o1. The second-order valence-electron chi connectivity index (χ2n) is 6.94. The molecule has 0 fully saturated rings. The Morgan fingerprint density at radius 1 is 1.32 bits per heavy atom. The van der Waals surface area contributed by atoms with E-state index in [1.54, 1.807) is 6.92 Å². The third kappa shape index (κ3) is 3.40. The predicted octanol–water partition coefficient (Wildman–Crippen LogP) is 1.94. The molecular weight excluding hydrogens is 358 g/mol. The number of primary amides is 1. The number of nitrogens with two attached hydrogens (primary N) is 1. The molecular formula is C20H21N5O3. The maximum Gasteiger partial charge on any atom is 0.273 e. The molecule has 0 saturated heterocycles. The molecule has 0 radical (unpaired) electrons. The Morgan fingerprint density at radius 3 is 2.86 bits per heavy atom. The van der Waals surface area contributed by atoms with Gasteiger partial charge >= 0.3 is 0 Å². The fourth-order valence-electron chi connectivity index (χ4n) is 3.57. The number of nitrogens with zero attached hydrogens (tertiary/aromatic N) is 3. The van der Waals surface area contributed by atoms with Crippen molar-refractivity contribution < 1.29 is 14.0 Å². The Hall–Kier alpha value is -3.42. The van der Waals surface area contributed by atoms with Crippen LogP contribution in [0.1, 0.15) is 38.9 Å². The van der Waals surface area contributed by atoms with Gasteiger partial charge in [-0.25, -0.2) is 4.98 Å². The largest absolute Gasteiger partial charge is 0.440 e. The number of oxazole rings is 1. The maximum atomic E-state index is 12.7. The Kier molecular flexibility index (Phi) is 4.68. The minimum Gasteiger partial charge on any atom is -0.440 e. The predicted molar refractivity (Wildman–Crippen MR) is 102 cm³/mol. The molecule has 4 rings (SSSR count). The van der Waals surface area contributed by atoms with Gasteiger partial charge in [0.1, 0.15) is 0 Å². The number of carbonyl (C=O) groups is 2. The molecule has 3 aromatic rings. The van der Waals surface area contributed by atoms with E-state index in [-0.39, 0.29) is 17.5 Å². The summed E-state index contributed by atoms with van der Waals surface area (Å²) < 4.78 is 7.47. The minimum atomic E-state index is -0.475. The first-order valence-electron chi connectivity index (χ1n) is 9.18. The maximum absolute atomic E-state index is 12.7. The van der Waals surface area contributed by atoms with Gasteiger partial charge in [-0.05, 0) is 18.8 Å². The topological polar surface area (TPSA) is 116 Å². The Morgan fingerprint density at radius 2 is 2.11 bits per heavy atom. The van der Waals surface area contributed by atoms with E-state index in [2.05, 4.69) is 15.4 Å². The second kappa shape index (κ2) is 7.30. The number of nitrogens with one attached hydrogen (secondary N) is 1. The van der Waals surface area contributed by atoms with E-state index < -0.39 is 5.91 Å². The summed E-state index contributed by atoms with van der Waals surface area (Å²) in [6.45, 7) is 2.89. The van der Waals surface area contributed by atoms with E-state index in [1.165, 1.54) is 6.20 Å². The van der Waals surface area contributed by atoms with Crippen LogP contribution >= 0.6 is 0 Å². The van der Waals surface area contributed by atoms with Crippen molar-refractivity contribution in [1.29, 1.82) is 0 Å². The summed E-state index contributed by atoms with van der Waals surface area (Å²) in [4.78, 5) is 28.5. The molecule has 2 aromatic heterocycles. The summed E-state index contributed by atoms with van der Waals surface area (Å²) in [6.07, 6.45) is 3.02. The summed E-state index contributed by atoms with van der Waals surface area (Å²) in [7, 11) is 0. The molecule has 3 heterocycles. The van der Waals surface area contributed by atoms with Gasteiger partial charge in [-0.3, -0.25) is 14.3 Å². The average molecular weight is 379 g/mol. The quantitative estimate of drug-likeness (QED) is 0.703. The summed E-state index contributed by atoms with van der Waals surface area (Å²) in [5.74, 6) is 0.353. The van der Waals surface area contributed by atoms with Crippen molar-refractivity contribution in [2.45, 2.75) is 26.3 Å². The first-order chi connectivity index (χ1) is 13.5. The van der Waals surface area contributed by atoms with E-state index >= 15 is 0 Å². The monoisotopic (exact) mass is 379 g/mol. The normalized spacial score (nSPS) is 15.8. The highest BCUT2D eigenvalue weighted by molar-refractivity contribution is 5.97. The molecule has 8 heteroatoms. The van der Waals surface area contributed by atoms with Crippen molar-refractivity contribution in [3.05, 3.63) is 59.4 Å². The second-order valence-corrected chi connectivity index (χ2v) is 6.94. The zero-order valence-electron chi connectivity index (χ0n) is 15.5. The van der Waals surface area contributed by atoms with Crippen LogP contribution in [0.4, 0.5) is 0 Å². The van der Waals surface area contributed by atoms with Gasteiger partial charge in [0.25, 0.3) is 11.8 Å². The fraction of sp³-hybridized carbons (Fsp3) is 0.300. The van der Waals surface area contributed by atoms with E-state index in [0.29, 0.717) is 36.7 Å². The first-order valence-corrected chi connectivity index (χ1v) is 9.18. The van der Waals surface area contributed by atoms with Crippen LogP contribution < -0.4 is 11.1 Å². The lowest BCUT2D eigenvalue weighted by Gasteiger charge is -2.24. The summed E-state index contributed by atoms with van der Waals surface area (Å²) >= 11 is 0. The lowest BCUT2D eigenvalue weighted by molar-refractivity contribution is 0.0937. The molecule has 1 aliphatic rings. The van der Waals surface area contributed by atoms with Crippen molar-refractivity contribution in [2.24, 2.45) is 11.7 Å². The molecule has 1 aliphatic heterocycles. The lowest BCUT2D eigenvalue weighted by Crippen LogP contribution is -2.34. The molecule has 2 amide bonds. The minimum absolute atomic E-state index is 0.194. The zero-order chi connectivity index (χ0) is 19.7. The third-order valence-electron chi connectivity index (χ3n) is 4.98. The summed E-state index contributed by atoms with van der Waals surface area (Å²) in [5.41, 5.74) is 7.79. The molecule has 0 aliphatic carbocycles. The molecule has 144 valence electrons. The smallest absolute Gasteiger partial charge is 0.273 e. The zero-order valence-corrected chi connectivity index (χ0v) is 15.5. The molecule has 1 aromatic carbocycles. The summed E-state index contributed by atoms with van der Waals surface area (Å²) in [5, 5.41) is 7.17. The van der Waals surface area contributed by atoms with E-state index in [4.69, 9.17) is 10.2 Å². The standard InChI is InChI=1S/C20H21N5O3/c1-12-24-17(18(28-12)14-5-3-2-4-6-14)20(27)22-10-13-7-8-25-16(9-13)15(11-23-25)19(21)26/h2-6,11,13H,7-10H2,1H3,(H2,21,26)(H,22,27)/t13-/m1/s1. The molecule has 0 bridgehead atoms. The van der Waals surface area contributed by atoms with Gasteiger partial charge in [-0.1, -0.05) is 30.3 Å². The molecule has 28 heavy (non-hydrogen) atoms. The Bertz CT molecular complexity index is 1020. The number of carbonyl (C=O) groups excluding carboxylic acids is 2. The van der Waals surface area contributed by atoms with Crippen LogP contribution in [0.25, 0.3) is 11.3 Å². The molecule has 8 nitrogen and oxygen atoms in total. The van der Waals surface area contributed by atoms with E-state index in [9.17, 15) is 9.59 Å². The number of aryl methyl sites for hydroxylation is 2. The summed E-state index contributed by atoms with van der Waals surface area (Å²) in [6, 6.07) is 9.43. The van der Waals surface area contributed by atoms with Gasteiger partial charge in [0.15, 0.2) is 17.3 Å². The third-order valence-corrected chi connectivity index (χ3v) is 4.98. The van der Waals surface area contributed by atoms with Crippen molar-refractivity contribution in [2.75, 3.05) is 6.54 Å². The van der Waals surface area contributed by atoms with Gasteiger partial charge in [-0.2, -0.15) is 5.10 Å². The number of aromatic nitrogens is 3. The van der Waals surface area contributed by atoms with Crippen LogP contribution in [0.2, 0.25) is 0 Å². The first kappa shape index (κ1) is 18.0. The molecule has 0 unspecified atom stereocenters. The number of benzene rings is 1. The van der Waals surface area contributed by atoms with Gasteiger partial charge < -0.3 is 15.5 Å². The van der Waals surface area contributed by atoms with Crippen LogP contribution in [0.3, 0.4) is 0 Å². The highest BCUT2D eigenvalue weighted by Gasteiger charge is 2.26. The van der Waals surface area contributed by atoms with Gasteiger partial charge in [0.2, 0.25) is 0 Å². The van der Waals surface area contributed by atoms with Crippen LogP contribution in [0.5, 0.6) is 0 Å². The van der Waals surface area contributed by atoms with Gasteiger partial charge in [0.05, 0.1) is 17.5 Å². The van der Waals surface area contributed by atoms with E-state index in [0.717, 1.165) is 17.7 Å². The number of rotatable bonds is 5. The number of amides is 2. The highest BCUT2D eigenvalue weighted by atomic mass is 16.4. The molecule has 0 saturated carbocycles.